The predicted molar refractivity (Wildman–Crippen MR) is 80.0 cm³/mol. The van der Waals surface area contributed by atoms with Crippen LogP contribution in [-0.2, 0) is 6.54 Å². The highest BCUT2D eigenvalue weighted by Gasteiger charge is 2.06. The Morgan fingerprint density at radius 1 is 1.10 bits per heavy atom. The van der Waals surface area contributed by atoms with E-state index in [4.69, 9.17) is 0 Å². The van der Waals surface area contributed by atoms with Gasteiger partial charge >= 0.3 is 0 Å². The summed E-state index contributed by atoms with van der Waals surface area (Å²) < 4.78 is 12.9. The average molecular weight is 268 g/mol. The van der Waals surface area contributed by atoms with E-state index in [-0.39, 0.29) is 11.9 Å². The number of H-pyrrole nitrogens is 1. The molecule has 0 radical (unpaired) electrons. The van der Waals surface area contributed by atoms with Gasteiger partial charge in [-0.05, 0) is 42.1 Å². The molecule has 0 unspecified atom stereocenters. The van der Waals surface area contributed by atoms with Gasteiger partial charge in [-0.3, -0.25) is 0 Å². The lowest BCUT2D eigenvalue weighted by molar-refractivity contribution is 0.566. The summed E-state index contributed by atoms with van der Waals surface area (Å²) in [6.07, 6.45) is 0. The van der Waals surface area contributed by atoms with Crippen LogP contribution >= 0.6 is 0 Å². The number of hydrogen-bond acceptors (Lipinski definition) is 1. The van der Waals surface area contributed by atoms with E-state index >= 15 is 0 Å². The molecule has 0 bridgehead atoms. The van der Waals surface area contributed by atoms with Crippen LogP contribution in [0.5, 0.6) is 0 Å². The van der Waals surface area contributed by atoms with Gasteiger partial charge in [0.15, 0.2) is 0 Å². The van der Waals surface area contributed by atoms with E-state index in [2.05, 4.69) is 35.4 Å². The molecule has 0 spiro atoms. The highest BCUT2D eigenvalue weighted by atomic mass is 19.1. The Hall–Kier alpha value is -2.13. The third kappa shape index (κ3) is 2.73. The Kier molecular flexibility index (Phi) is 3.52. The Morgan fingerprint density at radius 2 is 1.85 bits per heavy atom. The standard InChI is InChI=1S/C17H17FN2/c1-12(13-6-8-15(18)9-7-13)19-11-16-10-14-4-2-3-5-17(14)20-16/h2-10,12,19-20H,11H2,1H3/t12-/m1/s1. The number of fused-ring (bicyclic) bond motifs is 1. The molecule has 0 saturated heterocycles. The van der Waals surface area contributed by atoms with Gasteiger partial charge in [0.2, 0.25) is 0 Å². The minimum Gasteiger partial charge on any atom is -0.357 e. The summed E-state index contributed by atoms with van der Waals surface area (Å²) in [6.45, 7) is 2.84. The summed E-state index contributed by atoms with van der Waals surface area (Å²) in [5.74, 6) is -0.198. The smallest absolute Gasteiger partial charge is 0.123 e. The van der Waals surface area contributed by atoms with Crippen molar-refractivity contribution in [3.8, 4) is 0 Å². The number of hydrogen-bond donors (Lipinski definition) is 2. The maximum Gasteiger partial charge on any atom is 0.123 e. The van der Waals surface area contributed by atoms with Gasteiger partial charge in [-0.25, -0.2) is 4.39 Å². The molecule has 3 aromatic rings. The van der Waals surface area contributed by atoms with Crippen LogP contribution in [0.1, 0.15) is 24.2 Å². The van der Waals surface area contributed by atoms with E-state index in [1.807, 2.05) is 24.3 Å². The topological polar surface area (TPSA) is 27.8 Å². The zero-order valence-corrected chi connectivity index (χ0v) is 11.4. The fraction of sp³-hybridized carbons (Fsp3) is 0.176. The Balaban J connectivity index is 1.68. The first-order chi connectivity index (χ1) is 9.72. The number of benzene rings is 2. The molecule has 0 fully saturated rings. The second kappa shape index (κ2) is 5.47. The zero-order chi connectivity index (χ0) is 13.9. The van der Waals surface area contributed by atoms with Gasteiger partial charge in [0, 0.05) is 23.8 Å². The molecular formula is C17H17FN2. The molecule has 0 amide bonds. The van der Waals surface area contributed by atoms with E-state index in [0.717, 1.165) is 23.3 Å². The lowest BCUT2D eigenvalue weighted by atomic mass is 10.1. The first kappa shape index (κ1) is 12.9. The second-order valence-electron chi connectivity index (χ2n) is 5.04. The molecule has 20 heavy (non-hydrogen) atoms. The van der Waals surface area contributed by atoms with Crippen molar-refractivity contribution >= 4 is 10.9 Å². The van der Waals surface area contributed by atoms with Crippen molar-refractivity contribution in [1.82, 2.24) is 10.3 Å². The molecule has 3 heteroatoms. The maximum absolute atomic E-state index is 12.9. The van der Waals surface area contributed by atoms with Crippen LogP contribution < -0.4 is 5.32 Å². The predicted octanol–water partition coefficient (Wildman–Crippen LogP) is 4.16. The molecule has 0 aliphatic carbocycles. The number of nitrogens with one attached hydrogen (secondary N) is 2. The minimum atomic E-state index is -0.198. The molecule has 0 aliphatic rings. The van der Waals surface area contributed by atoms with Crippen LogP contribution in [0.3, 0.4) is 0 Å². The molecule has 102 valence electrons. The number of aromatic amines is 1. The number of para-hydroxylation sites is 1. The van der Waals surface area contributed by atoms with Gasteiger partial charge in [-0.15, -0.1) is 0 Å². The Morgan fingerprint density at radius 3 is 2.60 bits per heavy atom. The van der Waals surface area contributed by atoms with Crippen molar-refractivity contribution in [2.24, 2.45) is 0 Å². The SMILES string of the molecule is C[C@@H](NCc1cc2ccccc2[nH]1)c1ccc(F)cc1. The molecule has 2 N–H and O–H groups in total. The third-order valence-electron chi connectivity index (χ3n) is 3.55. The monoisotopic (exact) mass is 268 g/mol. The van der Waals surface area contributed by atoms with Crippen molar-refractivity contribution in [2.75, 3.05) is 0 Å². The average Bonchev–Trinajstić information content (AvgIpc) is 2.88. The fourth-order valence-corrected chi connectivity index (χ4v) is 2.36. The van der Waals surface area contributed by atoms with Crippen LogP contribution in [0.4, 0.5) is 4.39 Å². The molecule has 3 rings (SSSR count). The molecule has 0 saturated carbocycles. The summed E-state index contributed by atoms with van der Waals surface area (Å²) in [5.41, 5.74) is 3.39. The van der Waals surface area contributed by atoms with Crippen LogP contribution in [0.25, 0.3) is 10.9 Å². The van der Waals surface area contributed by atoms with Crippen molar-refractivity contribution in [2.45, 2.75) is 19.5 Å². The Bertz CT molecular complexity index is 667. The molecule has 0 aliphatic heterocycles. The number of aromatic nitrogens is 1. The minimum absolute atomic E-state index is 0.182. The molecule has 2 aromatic carbocycles. The van der Waals surface area contributed by atoms with E-state index in [1.54, 1.807) is 0 Å². The molecule has 1 heterocycles. The lowest BCUT2D eigenvalue weighted by Gasteiger charge is -2.13. The molecule has 1 atom stereocenters. The van der Waals surface area contributed by atoms with E-state index < -0.39 is 0 Å². The summed E-state index contributed by atoms with van der Waals surface area (Å²) in [4.78, 5) is 3.39. The van der Waals surface area contributed by atoms with Gasteiger partial charge in [-0.2, -0.15) is 0 Å². The largest absolute Gasteiger partial charge is 0.357 e. The van der Waals surface area contributed by atoms with Crippen molar-refractivity contribution in [3.63, 3.8) is 0 Å². The van der Waals surface area contributed by atoms with Crippen LogP contribution in [0.15, 0.2) is 54.6 Å². The normalized spacial score (nSPS) is 12.7. The first-order valence-corrected chi connectivity index (χ1v) is 6.78. The van der Waals surface area contributed by atoms with Crippen LogP contribution in [0.2, 0.25) is 0 Å². The van der Waals surface area contributed by atoms with Crippen LogP contribution in [-0.4, -0.2) is 4.98 Å². The van der Waals surface area contributed by atoms with E-state index in [9.17, 15) is 4.39 Å². The quantitative estimate of drug-likeness (QED) is 0.730. The summed E-state index contributed by atoms with van der Waals surface area (Å²) in [6, 6.07) is 17.2. The van der Waals surface area contributed by atoms with E-state index in [1.165, 1.54) is 17.5 Å². The first-order valence-electron chi connectivity index (χ1n) is 6.78. The number of halogens is 1. The maximum atomic E-state index is 12.9. The van der Waals surface area contributed by atoms with Gasteiger partial charge < -0.3 is 10.3 Å². The summed E-state index contributed by atoms with van der Waals surface area (Å²) in [5, 5.41) is 4.66. The highest BCUT2D eigenvalue weighted by molar-refractivity contribution is 5.80. The van der Waals surface area contributed by atoms with Gasteiger partial charge in [-0.1, -0.05) is 30.3 Å². The molecular weight excluding hydrogens is 251 g/mol. The summed E-state index contributed by atoms with van der Waals surface area (Å²) >= 11 is 0. The van der Waals surface area contributed by atoms with Gasteiger partial charge in [0.1, 0.15) is 5.82 Å². The number of rotatable bonds is 4. The van der Waals surface area contributed by atoms with Crippen molar-refractivity contribution in [3.05, 3.63) is 71.7 Å². The molecule has 1 aromatic heterocycles. The van der Waals surface area contributed by atoms with Crippen molar-refractivity contribution < 1.29 is 4.39 Å². The third-order valence-corrected chi connectivity index (χ3v) is 3.55. The zero-order valence-electron chi connectivity index (χ0n) is 11.4. The molecule has 2 nitrogen and oxygen atoms in total. The highest BCUT2D eigenvalue weighted by Crippen LogP contribution is 2.17. The second-order valence-corrected chi connectivity index (χ2v) is 5.04. The lowest BCUT2D eigenvalue weighted by Crippen LogP contribution is -2.18. The van der Waals surface area contributed by atoms with Crippen molar-refractivity contribution in [1.29, 1.82) is 0 Å². The van der Waals surface area contributed by atoms with E-state index in [0.29, 0.717) is 0 Å². The van der Waals surface area contributed by atoms with Crippen LogP contribution in [0, 0.1) is 5.82 Å². The Labute approximate surface area is 117 Å². The fourth-order valence-electron chi connectivity index (χ4n) is 2.36. The summed E-state index contributed by atoms with van der Waals surface area (Å²) in [7, 11) is 0. The van der Waals surface area contributed by atoms with Gasteiger partial charge in [0.05, 0.1) is 0 Å². The van der Waals surface area contributed by atoms with Gasteiger partial charge in [0.25, 0.3) is 0 Å².